The van der Waals surface area contributed by atoms with Crippen LogP contribution in [0.25, 0.3) is 0 Å². The van der Waals surface area contributed by atoms with Crippen molar-refractivity contribution in [2.75, 3.05) is 31.5 Å². The zero-order valence-electron chi connectivity index (χ0n) is 18.0. The average Bonchev–Trinajstić information content (AvgIpc) is 3.21. The van der Waals surface area contributed by atoms with Crippen LogP contribution in [0.3, 0.4) is 0 Å². The number of hydrogen-bond donors (Lipinski definition) is 4. The SMILES string of the molecule is O=C(O)NS(=O)(=O)N1CCN(C(=O)Nc2nccnc2C(=O)NC2Cc3ccccc3C2)CC1. The number of carbonyl (C=O) groups is 3. The van der Waals surface area contributed by atoms with E-state index in [1.165, 1.54) is 33.1 Å². The van der Waals surface area contributed by atoms with E-state index in [9.17, 15) is 22.8 Å². The summed E-state index contributed by atoms with van der Waals surface area (Å²) in [4.78, 5) is 45.7. The van der Waals surface area contributed by atoms with Gasteiger partial charge in [-0.25, -0.2) is 24.3 Å². The second kappa shape index (κ2) is 9.61. The van der Waals surface area contributed by atoms with Gasteiger partial charge >= 0.3 is 22.3 Å². The highest BCUT2D eigenvalue weighted by atomic mass is 32.2. The Morgan fingerprint density at radius 2 is 1.59 bits per heavy atom. The first-order valence-electron chi connectivity index (χ1n) is 10.5. The molecular formula is C20H23N7O6S. The lowest BCUT2D eigenvalue weighted by atomic mass is 10.1. The molecule has 1 aliphatic heterocycles. The highest BCUT2D eigenvalue weighted by Gasteiger charge is 2.31. The van der Waals surface area contributed by atoms with E-state index in [0.717, 1.165) is 4.31 Å². The number of aromatic nitrogens is 2. The average molecular weight is 490 g/mol. The van der Waals surface area contributed by atoms with Crippen LogP contribution in [-0.2, 0) is 23.1 Å². The Balaban J connectivity index is 1.36. The Hall–Kier alpha value is -3.78. The van der Waals surface area contributed by atoms with E-state index in [1.807, 2.05) is 24.3 Å². The fraction of sp³-hybridized carbons (Fsp3) is 0.350. The number of amides is 4. The molecule has 2 aliphatic rings. The lowest BCUT2D eigenvalue weighted by molar-refractivity contribution is 0.0934. The van der Waals surface area contributed by atoms with Gasteiger partial charge in [0, 0.05) is 44.6 Å². The third-order valence-corrected chi connectivity index (χ3v) is 7.08. The van der Waals surface area contributed by atoms with Crippen LogP contribution < -0.4 is 15.4 Å². The summed E-state index contributed by atoms with van der Waals surface area (Å²) in [5, 5.41) is 14.2. The normalized spacial score (nSPS) is 16.5. The number of hydrogen-bond acceptors (Lipinski definition) is 7. The van der Waals surface area contributed by atoms with Gasteiger partial charge in [-0.05, 0) is 24.0 Å². The van der Waals surface area contributed by atoms with Gasteiger partial charge in [0.25, 0.3) is 5.91 Å². The van der Waals surface area contributed by atoms with E-state index in [4.69, 9.17) is 5.11 Å². The molecule has 0 radical (unpaired) electrons. The van der Waals surface area contributed by atoms with Crippen LogP contribution in [-0.4, -0.2) is 82.9 Å². The maximum Gasteiger partial charge on any atom is 0.419 e. The molecule has 4 N–H and O–H groups in total. The molecule has 34 heavy (non-hydrogen) atoms. The van der Waals surface area contributed by atoms with Crippen LogP contribution >= 0.6 is 0 Å². The molecule has 180 valence electrons. The van der Waals surface area contributed by atoms with E-state index in [0.29, 0.717) is 12.8 Å². The molecule has 4 amide bonds. The third kappa shape index (κ3) is 5.23. The van der Waals surface area contributed by atoms with Crippen molar-refractivity contribution in [1.82, 2.24) is 29.2 Å². The standard InChI is InChI=1S/C20H23N7O6S/c28-18(23-15-11-13-3-1-2-4-14(13)12-15)16-17(22-6-5-21-16)24-19(29)26-7-9-27(10-8-26)34(32,33)25-20(30)31/h1-6,15,25H,7-12H2,(H,23,28)(H,30,31)(H,22,24,29). The van der Waals surface area contributed by atoms with E-state index in [2.05, 4.69) is 20.6 Å². The lowest BCUT2D eigenvalue weighted by Crippen LogP contribution is -2.54. The molecule has 4 rings (SSSR count). The lowest BCUT2D eigenvalue weighted by Gasteiger charge is -2.33. The van der Waals surface area contributed by atoms with Crippen molar-refractivity contribution >= 4 is 34.1 Å². The van der Waals surface area contributed by atoms with Crippen LogP contribution in [0.1, 0.15) is 21.6 Å². The monoisotopic (exact) mass is 489 g/mol. The van der Waals surface area contributed by atoms with Gasteiger partial charge in [0.2, 0.25) is 0 Å². The van der Waals surface area contributed by atoms with Crippen molar-refractivity contribution in [2.24, 2.45) is 0 Å². The van der Waals surface area contributed by atoms with Gasteiger partial charge in [0.15, 0.2) is 11.5 Å². The topological polar surface area (TPSA) is 174 Å². The molecule has 2 heterocycles. The number of fused-ring (bicyclic) bond motifs is 1. The van der Waals surface area contributed by atoms with Gasteiger partial charge < -0.3 is 15.3 Å². The predicted octanol–water partition coefficient (Wildman–Crippen LogP) is 0.0357. The molecule has 1 saturated heterocycles. The zero-order chi connectivity index (χ0) is 24.3. The van der Waals surface area contributed by atoms with Crippen molar-refractivity contribution < 1.29 is 27.9 Å². The minimum absolute atomic E-state index is 0.0110. The van der Waals surface area contributed by atoms with Crippen molar-refractivity contribution in [1.29, 1.82) is 0 Å². The number of nitrogens with zero attached hydrogens (tertiary/aromatic N) is 4. The Kier molecular flexibility index (Phi) is 6.61. The number of anilines is 1. The van der Waals surface area contributed by atoms with E-state index in [-0.39, 0.29) is 43.7 Å². The Labute approximate surface area is 195 Å². The van der Waals surface area contributed by atoms with Crippen molar-refractivity contribution in [3.05, 3.63) is 53.5 Å². The molecular weight excluding hydrogens is 466 g/mol. The molecule has 1 fully saturated rings. The number of urea groups is 1. The summed E-state index contributed by atoms with van der Waals surface area (Å²) < 4.78 is 26.3. The summed E-state index contributed by atoms with van der Waals surface area (Å²) >= 11 is 0. The fourth-order valence-corrected chi connectivity index (χ4v) is 4.99. The van der Waals surface area contributed by atoms with Gasteiger partial charge in [-0.1, -0.05) is 24.3 Å². The molecule has 0 saturated carbocycles. The van der Waals surface area contributed by atoms with Crippen LogP contribution in [0.4, 0.5) is 15.4 Å². The third-order valence-electron chi connectivity index (χ3n) is 5.61. The molecule has 1 aliphatic carbocycles. The molecule has 1 aromatic carbocycles. The largest absolute Gasteiger partial charge is 0.464 e. The van der Waals surface area contributed by atoms with Crippen LogP contribution in [0.2, 0.25) is 0 Å². The van der Waals surface area contributed by atoms with Gasteiger partial charge in [0.1, 0.15) is 0 Å². The van der Waals surface area contributed by atoms with Gasteiger partial charge in [-0.2, -0.15) is 12.7 Å². The summed E-state index contributed by atoms with van der Waals surface area (Å²) in [5.74, 6) is -0.472. The summed E-state index contributed by atoms with van der Waals surface area (Å²) in [6.07, 6.45) is 2.42. The Morgan fingerprint density at radius 1 is 0.971 bits per heavy atom. The number of benzene rings is 1. The van der Waals surface area contributed by atoms with Crippen LogP contribution in [0, 0.1) is 0 Å². The smallest absolute Gasteiger partial charge is 0.419 e. The van der Waals surface area contributed by atoms with Crippen molar-refractivity contribution in [3.63, 3.8) is 0 Å². The van der Waals surface area contributed by atoms with Gasteiger partial charge in [-0.15, -0.1) is 0 Å². The molecule has 0 unspecified atom stereocenters. The quantitative estimate of drug-likeness (QED) is 0.455. The van der Waals surface area contributed by atoms with E-state index in [1.54, 1.807) is 0 Å². The fourth-order valence-electron chi connectivity index (χ4n) is 4.00. The summed E-state index contributed by atoms with van der Waals surface area (Å²) in [6.45, 7) is -0.138. The zero-order valence-corrected chi connectivity index (χ0v) is 18.8. The van der Waals surface area contributed by atoms with E-state index < -0.39 is 28.2 Å². The second-order valence-electron chi connectivity index (χ2n) is 7.83. The maximum absolute atomic E-state index is 12.9. The summed E-state index contributed by atoms with van der Waals surface area (Å²) in [6, 6.07) is 7.29. The number of carboxylic acid groups (broad SMARTS) is 1. The Morgan fingerprint density at radius 3 is 2.21 bits per heavy atom. The number of carbonyl (C=O) groups excluding carboxylic acids is 2. The summed E-state index contributed by atoms with van der Waals surface area (Å²) in [5.41, 5.74) is 2.33. The first-order chi connectivity index (χ1) is 16.2. The van der Waals surface area contributed by atoms with Crippen molar-refractivity contribution in [3.8, 4) is 0 Å². The number of piperazine rings is 1. The Bertz CT molecular complexity index is 1190. The molecule has 0 bridgehead atoms. The van der Waals surface area contributed by atoms with Crippen molar-refractivity contribution in [2.45, 2.75) is 18.9 Å². The van der Waals surface area contributed by atoms with E-state index >= 15 is 0 Å². The minimum Gasteiger partial charge on any atom is -0.464 e. The molecule has 0 atom stereocenters. The second-order valence-corrected chi connectivity index (χ2v) is 9.50. The summed E-state index contributed by atoms with van der Waals surface area (Å²) in [7, 11) is -4.19. The minimum atomic E-state index is -4.19. The number of rotatable bonds is 5. The molecule has 0 spiro atoms. The maximum atomic E-state index is 12.9. The highest BCUT2D eigenvalue weighted by Crippen LogP contribution is 2.22. The highest BCUT2D eigenvalue weighted by molar-refractivity contribution is 7.87. The van der Waals surface area contributed by atoms with Gasteiger partial charge in [-0.3, -0.25) is 10.1 Å². The molecule has 1 aromatic heterocycles. The molecule has 13 nitrogen and oxygen atoms in total. The number of nitrogens with one attached hydrogen (secondary N) is 3. The first kappa shape index (κ1) is 23.4. The van der Waals surface area contributed by atoms with Crippen LogP contribution in [0.5, 0.6) is 0 Å². The predicted molar refractivity (Wildman–Crippen MR) is 119 cm³/mol. The molecule has 2 aromatic rings. The first-order valence-corrected chi connectivity index (χ1v) is 11.9. The molecule has 14 heteroatoms. The van der Waals surface area contributed by atoms with Gasteiger partial charge in [0.05, 0.1) is 0 Å². The van der Waals surface area contributed by atoms with Crippen LogP contribution in [0.15, 0.2) is 36.7 Å².